The van der Waals surface area contributed by atoms with Crippen molar-refractivity contribution in [2.75, 3.05) is 0 Å². The Balaban J connectivity index is 2.87. The van der Waals surface area contributed by atoms with E-state index in [2.05, 4.69) is 33.0 Å². The largest absolute Gasteiger partial charge is 0.0775 e. The minimum atomic E-state index is -0.523. The van der Waals surface area contributed by atoms with Crippen LogP contribution in [0.1, 0.15) is 33.1 Å². The standard InChI is InChI=1S/C11H20Si/c1-5-9-7-8-11(12(3)4)10(9)6-2/h7,12H,5-6,8H2,1-4H3. The summed E-state index contributed by atoms with van der Waals surface area (Å²) in [7, 11) is -0.523. The van der Waals surface area contributed by atoms with Crippen molar-refractivity contribution >= 4 is 8.80 Å². The Kier molecular flexibility index (Phi) is 3.33. The molecule has 1 aliphatic carbocycles. The Hall–Kier alpha value is -0.303. The molecule has 0 N–H and O–H groups in total. The van der Waals surface area contributed by atoms with Crippen LogP contribution in [0.15, 0.2) is 22.4 Å². The van der Waals surface area contributed by atoms with Crippen LogP contribution in [0.3, 0.4) is 0 Å². The fraction of sp³-hybridized carbons (Fsp3) is 0.636. The van der Waals surface area contributed by atoms with Crippen LogP contribution in [-0.4, -0.2) is 8.80 Å². The second-order valence-corrected chi connectivity index (χ2v) is 6.81. The third-order valence-corrected chi connectivity index (χ3v) is 4.75. The van der Waals surface area contributed by atoms with E-state index in [1.165, 1.54) is 19.3 Å². The third kappa shape index (κ3) is 1.71. The average Bonchev–Trinajstić information content (AvgIpc) is 2.46. The maximum absolute atomic E-state index is 2.45. The first-order valence-electron chi connectivity index (χ1n) is 5.12. The van der Waals surface area contributed by atoms with Gasteiger partial charge in [0, 0.05) is 0 Å². The summed E-state index contributed by atoms with van der Waals surface area (Å²) >= 11 is 0. The quantitative estimate of drug-likeness (QED) is 0.584. The highest BCUT2D eigenvalue weighted by molar-refractivity contribution is 6.64. The summed E-state index contributed by atoms with van der Waals surface area (Å²) in [4.78, 5) is 0. The first kappa shape index (κ1) is 9.78. The molecule has 0 aromatic heterocycles. The van der Waals surface area contributed by atoms with Crippen LogP contribution in [0.4, 0.5) is 0 Å². The number of hydrogen-bond acceptors (Lipinski definition) is 0. The molecule has 0 aliphatic heterocycles. The summed E-state index contributed by atoms with van der Waals surface area (Å²) in [5.74, 6) is 0. The normalized spacial score (nSPS) is 17.6. The second kappa shape index (κ2) is 4.08. The molecule has 0 heterocycles. The predicted molar refractivity (Wildman–Crippen MR) is 59.2 cm³/mol. The van der Waals surface area contributed by atoms with Gasteiger partial charge >= 0.3 is 0 Å². The van der Waals surface area contributed by atoms with E-state index in [4.69, 9.17) is 0 Å². The van der Waals surface area contributed by atoms with Gasteiger partial charge in [-0.2, -0.15) is 0 Å². The molecule has 0 bridgehead atoms. The second-order valence-electron chi connectivity index (χ2n) is 3.80. The Morgan fingerprint density at radius 3 is 2.33 bits per heavy atom. The lowest BCUT2D eigenvalue weighted by atomic mass is 10.1. The van der Waals surface area contributed by atoms with Gasteiger partial charge in [0.15, 0.2) is 0 Å². The van der Waals surface area contributed by atoms with Crippen LogP contribution in [-0.2, 0) is 0 Å². The van der Waals surface area contributed by atoms with E-state index in [1.54, 1.807) is 11.1 Å². The van der Waals surface area contributed by atoms with E-state index in [0.717, 1.165) is 0 Å². The Morgan fingerprint density at radius 2 is 1.92 bits per heavy atom. The van der Waals surface area contributed by atoms with Crippen LogP contribution in [0, 0.1) is 0 Å². The van der Waals surface area contributed by atoms with Gasteiger partial charge in [0.05, 0.1) is 8.80 Å². The first-order chi connectivity index (χ1) is 5.70. The van der Waals surface area contributed by atoms with E-state index >= 15 is 0 Å². The molecule has 0 fully saturated rings. The van der Waals surface area contributed by atoms with Crippen LogP contribution in [0.25, 0.3) is 0 Å². The fourth-order valence-electron chi connectivity index (χ4n) is 2.08. The molecule has 1 aliphatic rings. The number of allylic oxidation sites excluding steroid dienone is 4. The summed E-state index contributed by atoms with van der Waals surface area (Å²) < 4.78 is 0. The van der Waals surface area contributed by atoms with E-state index in [-0.39, 0.29) is 0 Å². The van der Waals surface area contributed by atoms with Gasteiger partial charge < -0.3 is 0 Å². The SMILES string of the molecule is CCC1=CCC([SiH](C)C)=C1CC. The molecule has 0 radical (unpaired) electrons. The molecule has 0 atom stereocenters. The van der Waals surface area contributed by atoms with Crippen molar-refractivity contribution in [3.8, 4) is 0 Å². The van der Waals surface area contributed by atoms with Crippen molar-refractivity contribution in [3.05, 3.63) is 22.4 Å². The minimum absolute atomic E-state index is 0.523. The van der Waals surface area contributed by atoms with E-state index in [9.17, 15) is 0 Å². The lowest BCUT2D eigenvalue weighted by molar-refractivity contribution is 1.03. The Morgan fingerprint density at radius 1 is 1.25 bits per heavy atom. The van der Waals surface area contributed by atoms with Crippen molar-refractivity contribution in [2.24, 2.45) is 0 Å². The highest BCUT2D eigenvalue weighted by Gasteiger charge is 2.16. The topological polar surface area (TPSA) is 0 Å². The van der Waals surface area contributed by atoms with Crippen LogP contribution in [0.2, 0.25) is 13.1 Å². The van der Waals surface area contributed by atoms with E-state index < -0.39 is 8.80 Å². The molecule has 68 valence electrons. The van der Waals surface area contributed by atoms with Crippen LogP contribution < -0.4 is 0 Å². The van der Waals surface area contributed by atoms with E-state index in [1.807, 2.05) is 5.20 Å². The maximum Gasteiger partial charge on any atom is 0.0603 e. The van der Waals surface area contributed by atoms with Gasteiger partial charge in [-0.25, -0.2) is 0 Å². The van der Waals surface area contributed by atoms with E-state index in [0.29, 0.717) is 0 Å². The number of hydrogen-bond donors (Lipinski definition) is 0. The Labute approximate surface area is 78.0 Å². The predicted octanol–water partition coefficient (Wildman–Crippen LogP) is 3.46. The first-order valence-corrected chi connectivity index (χ1v) is 8.00. The zero-order chi connectivity index (χ0) is 9.14. The number of rotatable bonds is 3. The smallest absolute Gasteiger partial charge is 0.0603 e. The molecule has 0 unspecified atom stereocenters. The summed E-state index contributed by atoms with van der Waals surface area (Å²) in [6.45, 7) is 9.45. The lowest BCUT2D eigenvalue weighted by Crippen LogP contribution is -2.06. The van der Waals surface area contributed by atoms with Crippen molar-refractivity contribution in [2.45, 2.75) is 46.2 Å². The van der Waals surface area contributed by atoms with Crippen LogP contribution >= 0.6 is 0 Å². The summed E-state index contributed by atoms with van der Waals surface area (Å²) in [6.07, 6.45) is 6.20. The molecular formula is C11H20Si. The highest BCUT2D eigenvalue weighted by atomic mass is 28.3. The molecule has 0 saturated heterocycles. The summed E-state index contributed by atoms with van der Waals surface area (Å²) in [5.41, 5.74) is 3.34. The van der Waals surface area contributed by atoms with Crippen molar-refractivity contribution in [1.82, 2.24) is 0 Å². The lowest BCUT2D eigenvalue weighted by Gasteiger charge is -2.10. The molecule has 0 spiro atoms. The minimum Gasteiger partial charge on any atom is -0.0775 e. The Bertz CT molecular complexity index is 221. The van der Waals surface area contributed by atoms with Crippen molar-refractivity contribution in [3.63, 3.8) is 0 Å². The average molecular weight is 180 g/mol. The molecule has 12 heavy (non-hydrogen) atoms. The monoisotopic (exact) mass is 180 g/mol. The highest BCUT2D eigenvalue weighted by Crippen LogP contribution is 2.31. The van der Waals surface area contributed by atoms with Gasteiger partial charge in [-0.1, -0.05) is 43.8 Å². The van der Waals surface area contributed by atoms with Gasteiger partial charge in [-0.15, -0.1) is 0 Å². The van der Waals surface area contributed by atoms with Gasteiger partial charge in [-0.3, -0.25) is 0 Å². The molecule has 0 saturated carbocycles. The van der Waals surface area contributed by atoms with Crippen molar-refractivity contribution in [1.29, 1.82) is 0 Å². The maximum atomic E-state index is 2.45. The zero-order valence-electron chi connectivity index (χ0n) is 8.78. The molecule has 1 heteroatoms. The zero-order valence-corrected chi connectivity index (χ0v) is 9.93. The molecule has 1 rings (SSSR count). The van der Waals surface area contributed by atoms with Gasteiger partial charge in [-0.05, 0) is 24.8 Å². The van der Waals surface area contributed by atoms with Crippen LogP contribution in [0.5, 0.6) is 0 Å². The molecule has 0 aromatic carbocycles. The van der Waals surface area contributed by atoms with Gasteiger partial charge in [0.1, 0.15) is 0 Å². The molecule has 0 amide bonds. The molecule has 0 nitrogen and oxygen atoms in total. The fourth-order valence-corrected chi connectivity index (χ4v) is 3.76. The molecular weight excluding hydrogens is 160 g/mol. The summed E-state index contributed by atoms with van der Waals surface area (Å²) in [6, 6.07) is 0. The van der Waals surface area contributed by atoms with Gasteiger partial charge in [0.25, 0.3) is 0 Å². The summed E-state index contributed by atoms with van der Waals surface area (Å²) in [5, 5.41) is 1.81. The third-order valence-electron chi connectivity index (χ3n) is 2.77. The van der Waals surface area contributed by atoms with Gasteiger partial charge in [0.2, 0.25) is 0 Å². The molecule has 0 aromatic rings. The van der Waals surface area contributed by atoms with Crippen molar-refractivity contribution < 1.29 is 0 Å².